The van der Waals surface area contributed by atoms with E-state index < -0.39 is 14.3 Å². The largest absolute Gasteiger partial charge is 0.535 e. The van der Waals surface area contributed by atoms with E-state index in [0.717, 1.165) is 0 Å². The van der Waals surface area contributed by atoms with Gasteiger partial charge in [-0.25, -0.2) is 4.79 Å². The van der Waals surface area contributed by atoms with Crippen LogP contribution in [0.4, 0.5) is 0 Å². The summed E-state index contributed by atoms with van der Waals surface area (Å²) in [5, 5.41) is -0.00185. The number of hydrogen-bond donors (Lipinski definition) is 0. The van der Waals surface area contributed by atoms with Crippen molar-refractivity contribution in [3.63, 3.8) is 0 Å². The third kappa shape index (κ3) is 3.09. The quantitative estimate of drug-likeness (QED) is 0.186. The van der Waals surface area contributed by atoms with Crippen LogP contribution in [0.1, 0.15) is 34.6 Å². The molecule has 0 amide bonds. The van der Waals surface area contributed by atoms with Gasteiger partial charge in [-0.3, -0.25) is 0 Å². The second kappa shape index (κ2) is 6.52. The number of nitrogens with zero attached hydrogens (tertiary/aromatic N) is 2. The smallest absolute Gasteiger partial charge is 0.414 e. The number of carbonyl (C=O) groups is 1. The fourth-order valence-corrected chi connectivity index (χ4v) is 6.31. The summed E-state index contributed by atoms with van der Waals surface area (Å²) in [6.07, 6.45) is 0. The zero-order valence-electron chi connectivity index (χ0n) is 12.0. The number of allylic oxidation sites excluding steroid dienone is 1. The van der Waals surface area contributed by atoms with Crippen molar-refractivity contribution in [3.05, 3.63) is 17.9 Å². The molecule has 0 saturated carbocycles. The van der Waals surface area contributed by atoms with Crippen LogP contribution in [0, 0.1) is 0 Å². The van der Waals surface area contributed by atoms with E-state index in [0.29, 0.717) is 5.76 Å². The first-order valence-electron chi connectivity index (χ1n) is 5.89. The average Bonchev–Trinajstić information content (AvgIpc) is 2.26. The summed E-state index contributed by atoms with van der Waals surface area (Å²) in [6, 6.07) is 0. The molecule has 0 aromatic carbocycles. The highest BCUT2D eigenvalue weighted by Crippen LogP contribution is 2.36. The Hall–Kier alpha value is -1.39. The first-order valence-corrected chi connectivity index (χ1v) is 7.95. The molecule has 0 aliphatic heterocycles. The Bertz CT molecular complexity index is 377. The zero-order chi connectivity index (χ0) is 14.5. The summed E-state index contributed by atoms with van der Waals surface area (Å²) in [5.74, 6) is -0.137. The molecule has 0 saturated heterocycles. The van der Waals surface area contributed by atoms with Gasteiger partial charge >= 0.3 is 19.6 Å². The molecule has 0 aliphatic rings. The van der Waals surface area contributed by atoms with Gasteiger partial charge in [0.15, 0.2) is 0 Å². The molecule has 0 atom stereocenters. The number of esters is 1. The first kappa shape index (κ1) is 16.6. The lowest BCUT2D eigenvalue weighted by Crippen LogP contribution is -2.56. The molecule has 0 aromatic rings. The van der Waals surface area contributed by atoms with E-state index in [1.807, 2.05) is 27.7 Å². The highest BCUT2D eigenvalue weighted by atomic mass is 28.4. The van der Waals surface area contributed by atoms with E-state index in [-0.39, 0.29) is 16.4 Å². The van der Waals surface area contributed by atoms with Crippen molar-refractivity contribution in [3.8, 4) is 0 Å². The third-order valence-electron chi connectivity index (χ3n) is 2.91. The average molecular weight is 270 g/mol. The Balaban J connectivity index is 5.92. The molecule has 0 spiro atoms. The monoisotopic (exact) mass is 270 g/mol. The van der Waals surface area contributed by atoms with Crippen molar-refractivity contribution in [1.82, 2.24) is 0 Å². The molecule has 0 radical (unpaired) electrons. The van der Waals surface area contributed by atoms with Crippen LogP contribution in [0.15, 0.2) is 12.3 Å². The third-order valence-corrected chi connectivity index (χ3v) is 8.07. The van der Waals surface area contributed by atoms with Gasteiger partial charge in [0.05, 0.1) is 12.9 Å². The first-order chi connectivity index (χ1) is 8.23. The van der Waals surface area contributed by atoms with E-state index in [9.17, 15) is 10.3 Å². The molecule has 6 heteroatoms. The minimum atomic E-state index is -2.80. The molecule has 0 fully saturated rings. The van der Waals surface area contributed by atoms with E-state index in [1.54, 1.807) is 6.92 Å². The van der Waals surface area contributed by atoms with Gasteiger partial charge < -0.3 is 14.7 Å². The summed E-state index contributed by atoms with van der Waals surface area (Å²) in [6.45, 7) is 13.2. The number of rotatable bonds is 6. The van der Waals surface area contributed by atoms with Crippen molar-refractivity contribution < 1.29 is 18.7 Å². The van der Waals surface area contributed by atoms with Gasteiger partial charge in [0, 0.05) is 0 Å². The number of methoxy groups -OCH3 is 1. The lowest BCUT2D eigenvalue weighted by Gasteiger charge is -2.33. The van der Waals surface area contributed by atoms with Crippen LogP contribution >= 0.6 is 0 Å². The Labute approximate surface area is 110 Å². The van der Waals surface area contributed by atoms with Gasteiger partial charge in [-0.05, 0) is 18.0 Å². The van der Waals surface area contributed by atoms with Gasteiger partial charge in [0.1, 0.15) is 0 Å². The summed E-state index contributed by atoms with van der Waals surface area (Å²) in [5.41, 5.74) is 9.27. The maximum Gasteiger partial charge on any atom is 0.414 e. The molecule has 0 rings (SSSR count). The van der Waals surface area contributed by atoms with Crippen LogP contribution in [-0.2, 0) is 14.0 Å². The SMILES string of the molecule is C=C(C)O[Si](C(=[N+]=[N-])C(=O)OC)(C(C)C)C(C)C. The van der Waals surface area contributed by atoms with E-state index in [4.69, 9.17) is 4.43 Å². The lowest BCUT2D eigenvalue weighted by atomic mass is 10.5. The van der Waals surface area contributed by atoms with E-state index in [2.05, 4.69) is 16.1 Å². The Kier molecular flexibility index (Phi) is 6.01. The molecule has 0 aliphatic carbocycles. The minimum absolute atomic E-state index is 0.00185. The van der Waals surface area contributed by atoms with E-state index in [1.165, 1.54) is 7.11 Å². The maximum absolute atomic E-state index is 11.8. The normalized spacial score (nSPS) is 11.1. The Morgan fingerprint density at radius 2 is 1.72 bits per heavy atom. The molecule has 0 aromatic heterocycles. The Morgan fingerprint density at radius 1 is 1.28 bits per heavy atom. The molecule has 0 bridgehead atoms. The van der Waals surface area contributed by atoms with Gasteiger partial charge in [0.2, 0.25) is 0 Å². The summed E-state index contributed by atoms with van der Waals surface area (Å²) < 4.78 is 10.6. The minimum Gasteiger partial charge on any atom is -0.535 e. The zero-order valence-corrected chi connectivity index (χ0v) is 13.0. The molecular formula is C12H22N2O3Si. The van der Waals surface area contributed by atoms with Crippen LogP contribution in [0.25, 0.3) is 5.53 Å². The molecule has 102 valence electrons. The molecule has 0 unspecified atom stereocenters. The van der Waals surface area contributed by atoms with Crippen molar-refractivity contribution in [2.45, 2.75) is 45.7 Å². The lowest BCUT2D eigenvalue weighted by molar-refractivity contribution is -0.136. The summed E-state index contributed by atoms with van der Waals surface area (Å²) in [7, 11) is -1.54. The molecule has 0 heterocycles. The van der Waals surface area contributed by atoms with E-state index >= 15 is 0 Å². The van der Waals surface area contributed by atoms with Crippen LogP contribution < -0.4 is 0 Å². The van der Waals surface area contributed by atoms with Gasteiger partial charge in [-0.2, -0.15) is 4.79 Å². The predicted molar refractivity (Wildman–Crippen MR) is 72.5 cm³/mol. The predicted octanol–water partition coefficient (Wildman–Crippen LogP) is 2.69. The topological polar surface area (TPSA) is 71.9 Å². The van der Waals surface area contributed by atoms with Crippen LogP contribution in [0.5, 0.6) is 0 Å². The van der Waals surface area contributed by atoms with Gasteiger partial charge in [-0.15, -0.1) is 0 Å². The summed E-state index contributed by atoms with van der Waals surface area (Å²) >= 11 is 0. The van der Waals surface area contributed by atoms with Crippen molar-refractivity contribution >= 4 is 19.6 Å². The summed E-state index contributed by atoms with van der Waals surface area (Å²) in [4.78, 5) is 15.0. The highest BCUT2D eigenvalue weighted by molar-refractivity contribution is 7.11. The van der Waals surface area contributed by atoms with Crippen molar-refractivity contribution in [1.29, 1.82) is 0 Å². The molecular weight excluding hydrogens is 248 g/mol. The van der Waals surface area contributed by atoms with Gasteiger partial charge in [0.25, 0.3) is 0 Å². The maximum atomic E-state index is 11.8. The molecule has 5 nitrogen and oxygen atoms in total. The van der Waals surface area contributed by atoms with Crippen LogP contribution in [-0.4, -0.2) is 31.5 Å². The number of ether oxygens (including phenoxy) is 1. The standard InChI is InChI=1S/C12H22N2O3Si/c1-8(2)17-18(9(3)4,10(5)6)11(14-13)12(15)16-7/h9-10H,1H2,2-7H3. The van der Waals surface area contributed by atoms with Crippen molar-refractivity contribution in [2.75, 3.05) is 7.11 Å². The second-order valence-corrected chi connectivity index (χ2v) is 9.42. The fraction of sp³-hybridized carbons (Fsp3) is 0.667. The number of carbonyl (C=O) groups excluding carboxylic acids is 1. The Morgan fingerprint density at radius 3 is 1.94 bits per heavy atom. The van der Waals surface area contributed by atoms with Gasteiger partial charge in [-0.1, -0.05) is 34.3 Å². The second-order valence-electron chi connectivity index (χ2n) is 4.85. The van der Waals surface area contributed by atoms with Crippen molar-refractivity contribution in [2.24, 2.45) is 0 Å². The molecule has 0 N–H and O–H groups in total. The van der Waals surface area contributed by atoms with Crippen LogP contribution in [0.3, 0.4) is 0 Å². The highest BCUT2D eigenvalue weighted by Gasteiger charge is 2.59. The molecule has 18 heavy (non-hydrogen) atoms. The number of hydrogen-bond acceptors (Lipinski definition) is 3. The fourth-order valence-electron chi connectivity index (χ4n) is 2.16. The van der Waals surface area contributed by atoms with Crippen LogP contribution in [0.2, 0.25) is 11.1 Å².